The molecule has 2 aromatic heterocycles. The molecule has 0 radical (unpaired) electrons. The molecule has 2 heterocycles. The lowest BCUT2D eigenvalue weighted by atomic mass is 9.99. The number of hydrogen-bond acceptors (Lipinski definition) is 6. The van der Waals surface area contributed by atoms with Crippen molar-refractivity contribution in [1.82, 2.24) is 20.1 Å². The third-order valence-electron chi connectivity index (χ3n) is 3.36. The van der Waals surface area contributed by atoms with Crippen molar-refractivity contribution in [3.63, 3.8) is 0 Å². The largest absolute Gasteiger partial charge is 0.338 e. The van der Waals surface area contributed by atoms with Crippen LogP contribution in [-0.4, -0.2) is 25.9 Å². The highest BCUT2D eigenvalue weighted by atomic mass is 16.5. The molecule has 6 nitrogen and oxygen atoms in total. The highest BCUT2D eigenvalue weighted by molar-refractivity contribution is 5.84. The van der Waals surface area contributed by atoms with E-state index >= 15 is 0 Å². The molecular formula is C13H14N4O2. The molecule has 1 unspecified atom stereocenters. The Bertz CT molecular complexity index is 567. The molecule has 19 heavy (non-hydrogen) atoms. The summed E-state index contributed by atoms with van der Waals surface area (Å²) in [5.41, 5.74) is 0.603. The summed E-state index contributed by atoms with van der Waals surface area (Å²) in [6.07, 6.45) is 7.54. The summed E-state index contributed by atoms with van der Waals surface area (Å²) in [7, 11) is 0. The van der Waals surface area contributed by atoms with Crippen molar-refractivity contribution in [2.75, 3.05) is 0 Å². The predicted molar refractivity (Wildman–Crippen MR) is 66.2 cm³/mol. The lowest BCUT2D eigenvalue weighted by molar-refractivity contribution is -0.120. The lowest BCUT2D eigenvalue weighted by Gasteiger charge is -2.06. The fourth-order valence-corrected chi connectivity index (χ4v) is 2.32. The topological polar surface area (TPSA) is 81.8 Å². The van der Waals surface area contributed by atoms with Crippen LogP contribution in [0.3, 0.4) is 0 Å². The average Bonchev–Trinajstić information content (AvgIpc) is 2.83. The van der Waals surface area contributed by atoms with Gasteiger partial charge < -0.3 is 4.52 Å². The van der Waals surface area contributed by atoms with E-state index in [1.807, 2.05) is 0 Å². The summed E-state index contributed by atoms with van der Waals surface area (Å²) in [6.45, 7) is 0. The molecule has 0 aliphatic heterocycles. The van der Waals surface area contributed by atoms with E-state index < -0.39 is 0 Å². The molecule has 0 bridgehead atoms. The number of carbonyl (C=O) groups is 1. The third-order valence-corrected chi connectivity index (χ3v) is 3.36. The van der Waals surface area contributed by atoms with Crippen molar-refractivity contribution in [3.8, 4) is 11.5 Å². The number of Topliss-reactive ketones (excluding diaryl/α,β-unsaturated/α-hetero) is 1. The summed E-state index contributed by atoms with van der Waals surface area (Å²) >= 11 is 0. The Kier molecular flexibility index (Phi) is 3.31. The van der Waals surface area contributed by atoms with Gasteiger partial charge in [-0.15, -0.1) is 0 Å². The van der Waals surface area contributed by atoms with E-state index in [0.29, 0.717) is 23.8 Å². The average molecular weight is 258 g/mol. The first-order chi connectivity index (χ1) is 9.34. The molecule has 3 rings (SSSR count). The van der Waals surface area contributed by atoms with Crippen LogP contribution in [0, 0.1) is 0 Å². The van der Waals surface area contributed by atoms with Crippen LogP contribution in [0.25, 0.3) is 11.5 Å². The molecule has 0 saturated heterocycles. The van der Waals surface area contributed by atoms with Crippen LogP contribution < -0.4 is 0 Å². The van der Waals surface area contributed by atoms with Crippen LogP contribution >= 0.6 is 0 Å². The van der Waals surface area contributed by atoms with Gasteiger partial charge in [0, 0.05) is 12.6 Å². The fourth-order valence-electron chi connectivity index (χ4n) is 2.32. The second kappa shape index (κ2) is 5.26. The van der Waals surface area contributed by atoms with Crippen LogP contribution in [0.1, 0.15) is 43.9 Å². The Morgan fingerprint density at radius 2 is 2.21 bits per heavy atom. The Morgan fingerprint density at radius 1 is 1.26 bits per heavy atom. The molecular weight excluding hydrogens is 244 g/mol. The number of aromatic nitrogens is 4. The molecule has 0 aromatic carbocycles. The zero-order chi connectivity index (χ0) is 13.1. The maximum absolute atomic E-state index is 12.0. The standard InChI is InChI=1S/C13H14N4O2/c18-11-5-3-1-2-4-9(11)13-16-12(17-19-13)10-6-7-14-8-15-10/h6-9H,1-5H2. The second-order valence-electron chi connectivity index (χ2n) is 4.67. The lowest BCUT2D eigenvalue weighted by Crippen LogP contribution is -2.10. The molecule has 1 aliphatic carbocycles. The van der Waals surface area contributed by atoms with Crippen LogP contribution in [0.15, 0.2) is 23.1 Å². The first-order valence-electron chi connectivity index (χ1n) is 6.47. The van der Waals surface area contributed by atoms with Crippen molar-refractivity contribution >= 4 is 5.78 Å². The van der Waals surface area contributed by atoms with Crippen LogP contribution in [0.2, 0.25) is 0 Å². The third kappa shape index (κ3) is 2.52. The minimum Gasteiger partial charge on any atom is -0.338 e. The van der Waals surface area contributed by atoms with Crippen molar-refractivity contribution in [2.45, 2.75) is 38.0 Å². The molecule has 1 fully saturated rings. The molecule has 0 N–H and O–H groups in total. The van der Waals surface area contributed by atoms with E-state index in [9.17, 15) is 4.79 Å². The van der Waals surface area contributed by atoms with Gasteiger partial charge in [-0.1, -0.05) is 18.0 Å². The highest BCUT2D eigenvalue weighted by Crippen LogP contribution is 2.28. The summed E-state index contributed by atoms with van der Waals surface area (Å²) in [4.78, 5) is 24.2. The number of ketones is 1. The zero-order valence-corrected chi connectivity index (χ0v) is 10.5. The van der Waals surface area contributed by atoms with Gasteiger partial charge in [0.1, 0.15) is 17.8 Å². The van der Waals surface area contributed by atoms with Crippen molar-refractivity contribution in [2.24, 2.45) is 0 Å². The van der Waals surface area contributed by atoms with Gasteiger partial charge in [0.25, 0.3) is 0 Å². The normalized spacial score (nSPS) is 20.2. The van der Waals surface area contributed by atoms with E-state index in [1.165, 1.54) is 6.33 Å². The van der Waals surface area contributed by atoms with Crippen molar-refractivity contribution in [1.29, 1.82) is 0 Å². The van der Waals surface area contributed by atoms with Gasteiger partial charge in [0.2, 0.25) is 11.7 Å². The predicted octanol–water partition coefficient (Wildman–Crippen LogP) is 2.14. The van der Waals surface area contributed by atoms with E-state index in [2.05, 4.69) is 20.1 Å². The first kappa shape index (κ1) is 12.0. The van der Waals surface area contributed by atoms with Gasteiger partial charge in [-0.25, -0.2) is 9.97 Å². The molecule has 0 amide bonds. The highest BCUT2D eigenvalue weighted by Gasteiger charge is 2.28. The molecule has 98 valence electrons. The number of rotatable bonds is 2. The van der Waals surface area contributed by atoms with E-state index in [1.54, 1.807) is 12.3 Å². The van der Waals surface area contributed by atoms with Gasteiger partial charge in [0.05, 0.1) is 5.92 Å². The molecule has 0 spiro atoms. The van der Waals surface area contributed by atoms with Crippen molar-refractivity contribution < 1.29 is 9.32 Å². The molecule has 1 atom stereocenters. The minimum atomic E-state index is -0.245. The first-order valence-corrected chi connectivity index (χ1v) is 6.47. The quantitative estimate of drug-likeness (QED) is 0.767. The fraction of sp³-hybridized carbons (Fsp3) is 0.462. The Morgan fingerprint density at radius 3 is 3.05 bits per heavy atom. The summed E-state index contributed by atoms with van der Waals surface area (Å²) in [5.74, 6) is 0.788. The van der Waals surface area contributed by atoms with Gasteiger partial charge in [-0.05, 0) is 18.9 Å². The number of nitrogens with zero attached hydrogens (tertiary/aromatic N) is 4. The van der Waals surface area contributed by atoms with Crippen LogP contribution in [0.4, 0.5) is 0 Å². The van der Waals surface area contributed by atoms with Crippen LogP contribution in [-0.2, 0) is 4.79 Å². The van der Waals surface area contributed by atoms with E-state index in [0.717, 1.165) is 25.7 Å². The molecule has 1 saturated carbocycles. The smallest absolute Gasteiger partial charge is 0.237 e. The van der Waals surface area contributed by atoms with Gasteiger partial charge in [-0.3, -0.25) is 4.79 Å². The van der Waals surface area contributed by atoms with E-state index in [-0.39, 0.29) is 11.7 Å². The number of hydrogen-bond donors (Lipinski definition) is 0. The monoisotopic (exact) mass is 258 g/mol. The summed E-state index contributed by atoms with van der Waals surface area (Å²) in [6, 6.07) is 1.71. The zero-order valence-electron chi connectivity index (χ0n) is 10.5. The summed E-state index contributed by atoms with van der Waals surface area (Å²) < 4.78 is 5.24. The maximum Gasteiger partial charge on any atom is 0.237 e. The Hall–Kier alpha value is -2.11. The molecule has 6 heteroatoms. The molecule has 2 aromatic rings. The minimum absolute atomic E-state index is 0.204. The Labute approximate surface area is 110 Å². The van der Waals surface area contributed by atoms with E-state index in [4.69, 9.17) is 4.52 Å². The van der Waals surface area contributed by atoms with Gasteiger partial charge in [-0.2, -0.15) is 4.98 Å². The number of carbonyl (C=O) groups excluding carboxylic acids is 1. The maximum atomic E-state index is 12.0. The summed E-state index contributed by atoms with van der Waals surface area (Å²) in [5, 5.41) is 3.90. The second-order valence-corrected chi connectivity index (χ2v) is 4.67. The van der Waals surface area contributed by atoms with Gasteiger partial charge in [0.15, 0.2) is 0 Å². The van der Waals surface area contributed by atoms with Crippen LogP contribution in [0.5, 0.6) is 0 Å². The van der Waals surface area contributed by atoms with Crippen molar-refractivity contribution in [3.05, 3.63) is 24.5 Å². The SMILES string of the molecule is O=C1CCCCCC1c1nc(-c2ccncn2)no1. The van der Waals surface area contributed by atoms with Gasteiger partial charge >= 0.3 is 0 Å². The Balaban J connectivity index is 1.86. The molecule has 1 aliphatic rings.